The summed E-state index contributed by atoms with van der Waals surface area (Å²) in [6.45, 7) is 0. The fourth-order valence-electron chi connectivity index (χ4n) is 1.73. The van der Waals surface area contributed by atoms with Crippen LogP contribution in [0.25, 0.3) is 0 Å². The van der Waals surface area contributed by atoms with Crippen molar-refractivity contribution in [2.24, 2.45) is 0 Å². The van der Waals surface area contributed by atoms with Crippen LogP contribution in [0.2, 0.25) is 0 Å². The van der Waals surface area contributed by atoms with Crippen molar-refractivity contribution in [3.63, 3.8) is 0 Å². The van der Waals surface area contributed by atoms with E-state index in [0.29, 0.717) is 0 Å². The SMILES string of the molecule is OC(Cc1ccc(Br)cc1)c1cccc(F)c1F. The summed E-state index contributed by atoms with van der Waals surface area (Å²) in [4.78, 5) is 0. The second-order valence-corrected chi connectivity index (χ2v) is 4.91. The first kappa shape index (κ1) is 13.2. The molecule has 1 unspecified atom stereocenters. The maximum atomic E-state index is 13.5. The van der Waals surface area contributed by atoms with Gasteiger partial charge >= 0.3 is 0 Å². The second-order valence-electron chi connectivity index (χ2n) is 3.99. The molecule has 0 aliphatic carbocycles. The molecule has 1 atom stereocenters. The molecule has 94 valence electrons. The van der Waals surface area contributed by atoms with E-state index in [1.165, 1.54) is 12.1 Å². The third kappa shape index (κ3) is 2.94. The van der Waals surface area contributed by atoms with Crippen molar-refractivity contribution >= 4 is 15.9 Å². The highest BCUT2D eigenvalue weighted by atomic mass is 79.9. The van der Waals surface area contributed by atoms with Gasteiger partial charge < -0.3 is 5.11 Å². The summed E-state index contributed by atoms with van der Waals surface area (Å²) in [5, 5.41) is 9.93. The van der Waals surface area contributed by atoms with Crippen LogP contribution in [-0.4, -0.2) is 5.11 Å². The van der Waals surface area contributed by atoms with Crippen LogP contribution in [-0.2, 0) is 6.42 Å². The quantitative estimate of drug-likeness (QED) is 0.908. The molecule has 0 amide bonds. The Balaban J connectivity index is 2.19. The average Bonchev–Trinajstić information content (AvgIpc) is 2.35. The van der Waals surface area contributed by atoms with Crippen molar-refractivity contribution in [2.45, 2.75) is 12.5 Å². The first-order valence-electron chi connectivity index (χ1n) is 5.44. The van der Waals surface area contributed by atoms with Crippen LogP contribution < -0.4 is 0 Å². The molecule has 0 heterocycles. The molecule has 0 radical (unpaired) electrons. The highest BCUT2D eigenvalue weighted by Crippen LogP contribution is 2.23. The van der Waals surface area contributed by atoms with Gasteiger partial charge in [0, 0.05) is 16.5 Å². The molecular formula is C14H11BrF2O. The number of hydrogen-bond acceptors (Lipinski definition) is 1. The van der Waals surface area contributed by atoms with Crippen molar-refractivity contribution in [3.8, 4) is 0 Å². The zero-order valence-electron chi connectivity index (χ0n) is 9.41. The lowest BCUT2D eigenvalue weighted by atomic mass is 10.0. The summed E-state index contributed by atoms with van der Waals surface area (Å²) in [6, 6.07) is 11.1. The van der Waals surface area contributed by atoms with Crippen LogP contribution in [0.4, 0.5) is 8.78 Å². The van der Waals surface area contributed by atoms with Gasteiger partial charge in [-0.05, 0) is 23.8 Å². The molecule has 4 heteroatoms. The van der Waals surface area contributed by atoms with Gasteiger partial charge in [0.2, 0.25) is 0 Å². The molecule has 1 nitrogen and oxygen atoms in total. The lowest BCUT2D eigenvalue weighted by Crippen LogP contribution is -2.05. The van der Waals surface area contributed by atoms with E-state index >= 15 is 0 Å². The van der Waals surface area contributed by atoms with Gasteiger partial charge in [0.05, 0.1) is 6.10 Å². The Morgan fingerprint density at radius 1 is 1.06 bits per heavy atom. The fourth-order valence-corrected chi connectivity index (χ4v) is 2.00. The predicted molar refractivity (Wildman–Crippen MR) is 69.2 cm³/mol. The van der Waals surface area contributed by atoms with Gasteiger partial charge in [0.25, 0.3) is 0 Å². The highest BCUT2D eigenvalue weighted by Gasteiger charge is 2.16. The first-order chi connectivity index (χ1) is 8.58. The third-order valence-corrected chi connectivity index (χ3v) is 3.21. The van der Waals surface area contributed by atoms with E-state index in [0.717, 1.165) is 16.1 Å². The van der Waals surface area contributed by atoms with Crippen LogP contribution in [0.1, 0.15) is 17.2 Å². The smallest absolute Gasteiger partial charge is 0.164 e. The molecule has 2 aromatic rings. The van der Waals surface area contributed by atoms with Crippen LogP contribution >= 0.6 is 15.9 Å². The zero-order chi connectivity index (χ0) is 13.1. The molecule has 0 saturated carbocycles. The second kappa shape index (κ2) is 5.59. The monoisotopic (exact) mass is 312 g/mol. The summed E-state index contributed by atoms with van der Waals surface area (Å²) in [6.07, 6.45) is -0.810. The maximum Gasteiger partial charge on any atom is 0.164 e. The summed E-state index contributed by atoms with van der Waals surface area (Å²) in [5.74, 6) is -1.93. The Morgan fingerprint density at radius 2 is 1.72 bits per heavy atom. The molecule has 2 rings (SSSR count). The van der Waals surface area contributed by atoms with Gasteiger partial charge in [0.15, 0.2) is 11.6 Å². The predicted octanol–water partition coefficient (Wildman–Crippen LogP) is 4.00. The van der Waals surface area contributed by atoms with Gasteiger partial charge in [0.1, 0.15) is 0 Å². The number of rotatable bonds is 3. The maximum absolute atomic E-state index is 13.5. The molecule has 0 fully saturated rings. The summed E-state index contributed by atoms with van der Waals surface area (Å²) in [7, 11) is 0. The summed E-state index contributed by atoms with van der Waals surface area (Å²) < 4.78 is 27.4. The molecule has 0 spiro atoms. The molecule has 18 heavy (non-hydrogen) atoms. The van der Waals surface area contributed by atoms with E-state index in [1.807, 2.05) is 24.3 Å². The Morgan fingerprint density at radius 3 is 2.39 bits per heavy atom. The van der Waals surface area contributed by atoms with E-state index in [9.17, 15) is 13.9 Å². The standard InChI is InChI=1S/C14H11BrF2O/c15-10-6-4-9(5-7-10)8-13(18)11-2-1-3-12(16)14(11)17/h1-7,13,18H,8H2. The average molecular weight is 313 g/mol. The molecular weight excluding hydrogens is 302 g/mol. The van der Waals surface area contributed by atoms with E-state index in [4.69, 9.17) is 0 Å². The van der Waals surface area contributed by atoms with E-state index in [-0.39, 0.29) is 12.0 Å². The Bertz CT molecular complexity index is 540. The summed E-state index contributed by atoms with van der Waals surface area (Å²) in [5.41, 5.74) is 0.840. The molecule has 1 N–H and O–H groups in total. The van der Waals surface area contributed by atoms with Crippen LogP contribution in [0.15, 0.2) is 46.9 Å². The van der Waals surface area contributed by atoms with Crippen molar-refractivity contribution in [1.29, 1.82) is 0 Å². The minimum atomic E-state index is -1.05. The van der Waals surface area contributed by atoms with Crippen molar-refractivity contribution in [2.75, 3.05) is 0 Å². The van der Waals surface area contributed by atoms with Crippen LogP contribution in [0, 0.1) is 11.6 Å². The molecule has 0 aliphatic heterocycles. The normalized spacial score (nSPS) is 12.4. The van der Waals surface area contributed by atoms with Gasteiger partial charge in [-0.15, -0.1) is 0 Å². The Hall–Kier alpha value is -1.26. The number of aliphatic hydroxyl groups excluding tert-OH is 1. The van der Waals surface area contributed by atoms with Gasteiger partial charge in [-0.2, -0.15) is 0 Å². The largest absolute Gasteiger partial charge is 0.388 e. The number of hydrogen-bond donors (Lipinski definition) is 1. The lowest BCUT2D eigenvalue weighted by Gasteiger charge is -2.12. The van der Waals surface area contributed by atoms with Gasteiger partial charge in [-0.1, -0.05) is 40.2 Å². The number of aliphatic hydroxyl groups is 1. The molecule has 0 bridgehead atoms. The molecule has 0 saturated heterocycles. The zero-order valence-corrected chi connectivity index (χ0v) is 11.0. The minimum Gasteiger partial charge on any atom is -0.388 e. The lowest BCUT2D eigenvalue weighted by molar-refractivity contribution is 0.172. The number of halogens is 3. The van der Waals surface area contributed by atoms with Crippen molar-refractivity contribution < 1.29 is 13.9 Å². The summed E-state index contributed by atoms with van der Waals surface area (Å²) >= 11 is 3.31. The Kier molecular flexibility index (Phi) is 4.09. The van der Waals surface area contributed by atoms with Gasteiger partial charge in [-0.3, -0.25) is 0 Å². The van der Waals surface area contributed by atoms with E-state index in [2.05, 4.69) is 15.9 Å². The minimum absolute atomic E-state index is 0.0158. The highest BCUT2D eigenvalue weighted by molar-refractivity contribution is 9.10. The fraction of sp³-hybridized carbons (Fsp3) is 0.143. The Labute approximate surface area is 112 Å². The van der Waals surface area contributed by atoms with Gasteiger partial charge in [-0.25, -0.2) is 8.78 Å². The van der Waals surface area contributed by atoms with Crippen molar-refractivity contribution in [1.82, 2.24) is 0 Å². The topological polar surface area (TPSA) is 20.2 Å². The van der Waals surface area contributed by atoms with Crippen LogP contribution in [0.3, 0.4) is 0 Å². The molecule has 0 aromatic heterocycles. The van der Waals surface area contributed by atoms with E-state index < -0.39 is 17.7 Å². The van der Waals surface area contributed by atoms with Crippen LogP contribution in [0.5, 0.6) is 0 Å². The van der Waals surface area contributed by atoms with E-state index in [1.54, 1.807) is 0 Å². The number of benzene rings is 2. The molecule has 2 aromatic carbocycles. The third-order valence-electron chi connectivity index (χ3n) is 2.68. The first-order valence-corrected chi connectivity index (χ1v) is 6.23. The molecule has 0 aliphatic rings. The van der Waals surface area contributed by atoms with Crippen molar-refractivity contribution in [3.05, 3.63) is 69.7 Å².